The van der Waals surface area contributed by atoms with Gasteiger partial charge in [0.05, 0.1) is 10.2 Å². The lowest BCUT2D eigenvalue weighted by atomic mass is 10.2. The Morgan fingerprint density at radius 3 is 2.69 bits per heavy atom. The summed E-state index contributed by atoms with van der Waals surface area (Å²) in [7, 11) is 1.91. The Morgan fingerprint density at radius 2 is 2.12 bits per heavy atom. The molecule has 0 aliphatic heterocycles. The number of hydrogen-bond acceptors (Lipinski definition) is 3. The molecule has 5 heteroatoms. The van der Waals surface area contributed by atoms with E-state index in [1.807, 2.05) is 20.9 Å². The molecule has 90 valence electrons. The lowest BCUT2D eigenvalue weighted by Crippen LogP contribution is -2.31. The van der Waals surface area contributed by atoms with Crippen LogP contribution in [0.5, 0.6) is 0 Å². The maximum Gasteiger partial charge on any atom is 0.348 e. The number of hydrogen-bond donors (Lipinski definition) is 1. The second-order valence-electron chi connectivity index (χ2n) is 4.15. The van der Waals surface area contributed by atoms with Crippen molar-refractivity contribution in [3.63, 3.8) is 0 Å². The topological polar surface area (TPSA) is 46.9 Å². The fourth-order valence-electron chi connectivity index (χ4n) is 1.72. The molecule has 4 nitrogen and oxygen atoms in total. The Labute approximate surface area is 104 Å². The molecule has 0 amide bonds. The lowest BCUT2D eigenvalue weighted by molar-refractivity contribution is 0.442. The van der Waals surface area contributed by atoms with Gasteiger partial charge in [-0.1, -0.05) is 6.92 Å². The summed E-state index contributed by atoms with van der Waals surface area (Å²) in [4.78, 5) is 15.8. The predicted octanol–water partition coefficient (Wildman–Crippen LogP) is 1.48. The predicted molar refractivity (Wildman–Crippen MR) is 68.8 cm³/mol. The molecule has 1 heterocycles. The van der Waals surface area contributed by atoms with Gasteiger partial charge in [0.1, 0.15) is 0 Å². The van der Waals surface area contributed by atoms with Crippen molar-refractivity contribution in [1.29, 1.82) is 0 Å². The first kappa shape index (κ1) is 13.4. The van der Waals surface area contributed by atoms with Crippen molar-refractivity contribution in [3.05, 3.63) is 26.3 Å². The molecule has 0 radical (unpaired) electrons. The smallest absolute Gasteiger partial charge is 0.319 e. The maximum absolute atomic E-state index is 11.8. The summed E-state index contributed by atoms with van der Waals surface area (Å²) in [6.07, 6.45) is 0. The Kier molecular flexibility index (Phi) is 4.68. The summed E-state index contributed by atoms with van der Waals surface area (Å²) in [5.41, 5.74) is 1.53. The van der Waals surface area contributed by atoms with Crippen molar-refractivity contribution in [2.24, 2.45) is 5.92 Å². The van der Waals surface area contributed by atoms with E-state index in [4.69, 9.17) is 0 Å². The molecule has 1 N–H and O–H groups in total. The van der Waals surface area contributed by atoms with E-state index in [0.29, 0.717) is 12.5 Å². The van der Waals surface area contributed by atoms with Crippen LogP contribution >= 0.6 is 15.9 Å². The highest BCUT2D eigenvalue weighted by molar-refractivity contribution is 9.10. The Bertz CT molecular complexity index is 428. The lowest BCUT2D eigenvalue weighted by Gasteiger charge is -2.16. The van der Waals surface area contributed by atoms with Gasteiger partial charge < -0.3 is 5.32 Å². The van der Waals surface area contributed by atoms with Crippen molar-refractivity contribution in [3.8, 4) is 0 Å². The molecular formula is C11H18BrN3O. The quantitative estimate of drug-likeness (QED) is 0.913. The molecule has 0 bridgehead atoms. The molecule has 0 aromatic carbocycles. The molecule has 0 saturated heterocycles. The van der Waals surface area contributed by atoms with Crippen molar-refractivity contribution < 1.29 is 0 Å². The zero-order valence-corrected chi connectivity index (χ0v) is 11.8. The number of halogens is 1. The second-order valence-corrected chi connectivity index (χ2v) is 4.95. The van der Waals surface area contributed by atoms with E-state index in [-0.39, 0.29) is 5.69 Å². The molecule has 0 aliphatic carbocycles. The molecular weight excluding hydrogens is 270 g/mol. The molecule has 0 fully saturated rings. The summed E-state index contributed by atoms with van der Waals surface area (Å²) < 4.78 is 2.64. The summed E-state index contributed by atoms with van der Waals surface area (Å²) in [6, 6.07) is 0. The Morgan fingerprint density at radius 1 is 1.50 bits per heavy atom. The van der Waals surface area contributed by atoms with Crippen LogP contribution in [0.15, 0.2) is 9.27 Å². The van der Waals surface area contributed by atoms with Gasteiger partial charge in [-0.15, -0.1) is 0 Å². The fourth-order valence-corrected chi connectivity index (χ4v) is 2.02. The van der Waals surface area contributed by atoms with Crippen LogP contribution in [0.1, 0.15) is 18.3 Å². The Balaban J connectivity index is 3.05. The minimum absolute atomic E-state index is 0.166. The van der Waals surface area contributed by atoms with Gasteiger partial charge in [-0.25, -0.2) is 4.79 Å². The molecule has 1 rings (SSSR count). The molecule has 1 aromatic heterocycles. The molecule has 16 heavy (non-hydrogen) atoms. The van der Waals surface area contributed by atoms with Gasteiger partial charge in [0.2, 0.25) is 0 Å². The number of aryl methyl sites for hydroxylation is 1. The number of nitrogens with one attached hydrogen (secondary N) is 1. The molecule has 0 saturated carbocycles. The van der Waals surface area contributed by atoms with Gasteiger partial charge in [-0.05, 0) is 49.3 Å². The SMILES string of the molecule is CNCC(C)Cn1c(C)c(Br)c(C)nc1=O. The third-order valence-electron chi connectivity index (χ3n) is 2.58. The van der Waals surface area contributed by atoms with Gasteiger partial charge in [-0.2, -0.15) is 4.98 Å². The first-order valence-corrected chi connectivity index (χ1v) is 6.14. The average Bonchev–Trinajstić information content (AvgIpc) is 2.22. The Hall–Kier alpha value is -0.680. The monoisotopic (exact) mass is 287 g/mol. The molecule has 1 unspecified atom stereocenters. The minimum atomic E-state index is -0.166. The van der Waals surface area contributed by atoms with Crippen LogP contribution in [0.3, 0.4) is 0 Å². The zero-order valence-electron chi connectivity index (χ0n) is 10.2. The third-order valence-corrected chi connectivity index (χ3v) is 3.73. The number of aromatic nitrogens is 2. The third kappa shape index (κ3) is 2.92. The van der Waals surface area contributed by atoms with Crippen LogP contribution in [0, 0.1) is 19.8 Å². The molecule has 0 spiro atoms. The van der Waals surface area contributed by atoms with Crippen LogP contribution in [0.4, 0.5) is 0 Å². The van der Waals surface area contributed by atoms with E-state index in [1.54, 1.807) is 4.57 Å². The van der Waals surface area contributed by atoms with E-state index in [9.17, 15) is 4.79 Å². The number of rotatable bonds is 4. The van der Waals surface area contributed by atoms with E-state index in [2.05, 4.69) is 33.2 Å². The molecule has 1 atom stereocenters. The van der Waals surface area contributed by atoms with Crippen LogP contribution in [0.2, 0.25) is 0 Å². The second kappa shape index (κ2) is 5.59. The summed E-state index contributed by atoms with van der Waals surface area (Å²) in [6.45, 7) is 7.46. The standard InChI is InChI=1S/C11H18BrN3O/c1-7(5-13-4)6-15-9(3)10(12)8(2)14-11(15)16/h7,13H,5-6H2,1-4H3. The van der Waals surface area contributed by atoms with Gasteiger partial charge in [-0.3, -0.25) is 4.57 Å². The van der Waals surface area contributed by atoms with Gasteiger partial charge in [0.15, 0.2) is 0 Å². The van der Waals surface area contributed by atoms with Crippen LogP contribution in [-0.4, -0.2) is 23.1 Å². The summed E-state index contributed by atoms with van der Waals surface area (Å²) in [5, 5.41) is 3.11. The van der Waals surface area contributed by atoms with Crippen molar-refractivity contribution >= 4 is 15.9 Å². The van der Waals surface area contributed by atoms with Gasteiger partial charge in [0, 0.05) is 12.2 Å². The van der Waals surface area contributed by atoms with Gasteiger partial charge in [0.25, 0.3) is 0 Å². The van der Waals surface area contributed by atoms with Crippen molar-refractivity contribution in [2.75, 3.05) is 13.6 Å². The van der Waals surface area contributed by atoms with Crippen LogP contribution in [-0.2, 0) is 6.54 Å². The highest BCUT2D eigenvalue weighted by Crippen LogP contribution is 2.17. The first-order valence-electron chi connectivity index (χ1n) is 5.35. The van der Waals surface area contributed by atoms with E-state index >= 15 is 0 Å². The zero-order chi connectivity index (χ0) is 12.3. The normalized spacial score (nSPS) is 12.8. The van der Waals surface area contributed by atoms with E-state index < -0.39 is 0 Å². The highest BCUT2D eigenvalue weighted by Gasteiger charge is 2.11. The highest BCUT2D eigenvalue weighted by atomic mass is 79.9. The average molecular weight is 288 g/mol. The van der Waals surface area contributed by atoms with Crippen molar-refractivity contribution in [2.45, 2.75) is 27.3 Å². The largest absolute Gasteiger partial charge is 0.348 e. The van der Waals surface area contributed by atoms with Crippen molar-refractivity contribution in [1.82, 2.24) is 14.9 Å². The fraction of sp³-hybridized carbons (Fsp3) is 0.636. The first-order chi connectivity index (χ1) is 7.47. The maximum atomic E-state index is 11.8. The number of nitrogens with zero attached hydrogens (tertiary/aromatic N) is 2. The summed E-state index contributed by atoms with van der Waals surface area (Å²) >= 11 is 3.46. The van der Waals surface area contributed by atoms with E-state index in [1.165, 1.54) is 0 Å². The van der Waals surface area contributed by atoms with Crippen LogP contribution in [0.25, 0.3) is 0 Å². The van der Waals surface area contributed by atoms with Crippen LogP contribution < -0.4 is 11.0 Å². The van der Waals surface area contributed by atoms with Gasteiger partial charge >= 0.3 is 5.69 Å². The molecule has 0 aliphatic rings. The van der Waals surface area contributed by atoms with E-state index in [0.717, 1.165) is 22.4 Å². The summed E-state index contributed by atoms with van der Waals surface area (Å²) in [5.74, 6) is 0.401. The molecule has 1 aromatic rings. The minimum Gasteiger partial charge on any atom is -0.319 e.